The molecule has 0 bridgehead atoms. The van der Waals surface area contributed by atoms with Crippen molar-refractivity contribution in [3.8, 4) is 11.8 Å². The van der Waals surface area contributed by atoms with Gasteiger partial charge in [0.05, 0.1) is 19.1 Å². The molecule has 1 aliphatic carbocycles. The summed E-state index contributed by atoms with van der Waals surface area (Å²) in [6.45, 7) is 2.14. The van der Waals surface area contributed by atoms with Gasteiger partial charge in [-0.2, -0.15) is 5.26 Å². The van der Waals surface area contributed by atoms with Gasteiger partial charge >= 0.3 is 0 Å². The van der Waals surface area contributed by atoms with Crippen LogP contribution >= 0.6 is 0 Å². The topological polar surface area (TPSA) is 33.0 Å². The molecule has 0 saturated heterocycles. The van der Waals surface area contributed by atoms with E-state index in [4.69, 9.17) is 10.00 Å². The maximum Gasteiger partial charge on any atom is 0.118 e. The Hall–Kier alpha value is -1.49. The van der Waals surface area contributed by atoms with Crippen molar-refractivity contribution in [3.63, 3.8) is 0 Å². The number of hydrogen-bond acceptors (Lipinski definition) is 2. The quantitative estimate of drug-likeness (QED) is 0.712. The van der Waals surface area contributed by atoms with E-state index in [1.165, 1.54) is 5.56 Å². The first-order valence-corrected chi connectivity index (χ1v) is 4.75. The van der Waals surface area contributed by atoms with Gasteiger partial charge in [-0.05, 0) is 24.1 Å². The van der Waals surface area contributed by atoms with Crippen LogP contribution in [0.5, 0.6) is 5.75 Å². The molecule has 0 aromatic heterocycles. The molecule has 1 fully saturated rings. The molecule has 1 aromatic rings. The zero-order valence-electron chi connectivity index (χ0n) is 8.45. The largest absolute Gasteiger partial charge is 0.497 e. The molecule has 0 aliphatic heterocycles. The van der Waals surface area contributed by atoms with Gasteiger partial charge in [0.25, 0.3) is 0 Å². The highest BCUT2D eigenvalue weighted by molar-refractivity contribution is 5.39. The number of nitrogens with zero attached hydrogens (tertiary/aromatic N) is 1. The molecule has 2 rings (SSSR count). The van der Waals surface area contributed by atoms with Crippen LogP contribution in [0.4, 0.5) is 0 Å². The molecule has 2 unspecified atom stereocenters. The highest BCUT2D eigenvalue weighted by atomic mass is 16.5. The monoisotopic (exact) mass is 187 g/mol. The molecule has 1 aromatic carbocycles. The predicted octanol–water partition coefficient (Wildman–Crippen LogP) is 2.50. The third kappa shape index (κ3) is 1.26. The number of rotatable bonds is 2. The Bertz CT molecular complexity index is 376. The number of methoxy groups -OCH3 is 1. The smallest absolute Gasteiger partial charge is 0.118 e. The maximum atomic E-state index is 8.83. The molecule has 72 valence electrons. The molecule has 2 nitrogen and oxygen atoms in total. The summed E-state index contributed by atoms with van der Waals surface area (Å²) in [4.78, 5) is 0. The second-order valence-electron chi connectivity index (χ2n) is 4.03. The molecule has 0 heterocycles. The molecule has 2 atom stereocenters. The van der Waals surface area contributed by atoms with Crippen LogP contribution in [-0.2, 0) is 5.41 Å². The van der Waals surface area contributed by atoms with Gasteiger partial charge in [-0.25, -0.2) is 0 Å². The Labute approximate surface area is 84.1 Å². The first kappa shape index (κ1) is 9.08. The van der Waals surface area contributed by atoms with Crippen molar-refractivity contribution in [2.24, 2.45) is 5.92 Å². The van der Waals surface area contributed by atoms with E-state index < -0.39 is 0 Å². The van der Waals surface area contributed by atoms with E-state index in [0.717, 1.165) is 12.2 Å². The van der Waals surface area contributed by atoms with Crippen LogP contribution in [-0.4, -0.2) is 7.11 Å². The molecule has 0 radical (unpaired) electrons. The lowest BCUT2D eigenvalue weighted by atomic mass is 9.96. The summed E-state index contributed by atoms with van der Waals surface area (Å²) in [5.74, 6) is 1.06. The van der Waals surface area contributed by atoms with Gasteiger partial charge < -0.3 is 4.74 Å². The molecule has 1 saturated carbocycles. The minimum atomic E-state index is 0.0843. The first-order valence-electron chi connectivity index (χ1n) is 4.75. The van der Waals surface area contributed by atoms with Gasteiger partial charge in [-0.3, -0.25) is 0 Å². The van der Waals surface area contributed by atoms with Crippen molar-refractivity contribution in [1.29, 1.82) is 5.26 Å². The molecule has 2 heteroatoms. The van der Waals surface area contributed by atoms with E-state index in [9.17, 15) is 0 Å². The number of hydrogen-bond donors (Lipinski definition) is 0. The summed E-state index contributed by atoms with van der Waals surface area (Å²) in [6, 6.07) is 10.3. The minimum Gasteiger partial charge on any atom is -0.497 e. The van der Waals surface area contributed by atoms with Crippen molar-refractivity contribution >= 4 is 0 Å². The molecule has 1 aliphatic rings. The molecular weight excluding hydrogens is 174 g/mol. The fourth-order valence-electron chi connectivity index (χ4n) is 1.84. The van der Waals surface area contributed by atoms with E-state index in [1.54, 1.807) is 7.11 Å². The van der Waals surface area contributed by atoms with Gasteiger partial charge in [0, 0.05) is 5.41 Å². The highest BCUT2D eigenvalue weighted by Crippen LogP contribution is 2.53. The van der Waals surface area contributed by atoms with Crippen molar-refractivity contribution in [3.05, 3.63) is 29.8 Å². The lowest BCUT2D eigenvalue weighted by Crippen LogP contribution is -2.03. The average Bonchev–Trinajstić information content (AvgIpc) is 2.91. The first-order chi connectivity index (χ1) is 6.70. The number of nitriles is 1. The Kier molecular flexibility index (Phi) is 1.96. The summed E-state index contributed by atoms with van der Waals surface area (Å²) in [7, 11) is 1.66. The summed E-state index contributed by atoms with van der Waals surface area (Å²) < 4.78 is 5.09. The lowest BCUT2D eigenvalue weighted by Gasteiger charge is -2.09. The van der Waals surface area contributed by atoms with Crippen molar-refractivity contribution in [2.75, 3.05) is 7.11 Å². The van der Waals surface area contributed by atoms with Crippen LogP contribution in [0, 0.1) is 17.2 Å². The highest BCUT2D eigenvalue weighted by Gasteiger charge is 2.51. The minimum absolute atomic E-state index is 0.0843. The molecule has 0 amide bonds. The van der Waals surface area contributed by atoms with Crippen LogP contribution in [0.1, 0.15) is 18.9 Å². The van der Waals surface area contributed by atoms with Gasteiger partial charge in [0.1, 0.15) is 5.75 Å². The summed E-state index contributed by atoms with van der Waals surface area (Å²) in [5.41, 5.74) is 1.32. The Balaban J connectivity index is 2.23. The van der Waals surface area contributed by atoms with Gasteiger partial charge in [0.15, 0.2) is 0 Å². The third-order valence-corrected chi connectivity index (χ3v) is 3.14. The molecule has 0 N–H and O–H groups in total. The Morgan fingerprint density at radius 2 is 2.07 bits per heavy atom. The van der Waals surface area contributed by atoms with Crippen LogP contribution in [0.15, 0.2) is 24.3 Å². The second kappa shape index (κ2) is 3.02. The average molecular weight is 187 g/mol. The number of ether oxygens (including phenoxy) is 1. The van der Waals surface area contributed by atoms with E-state index >= 15 is 0 Å². The van der Waals surface area contributed by atoms with Crippen molar-refractivity contribution in [2.45, 2.75) is 18.8 Å². The second-order valence-corrected chi connectivity index (χ2v) is 4.03. The van der Waals surface area contributed by atoms with Crippen molar-refractivity contribution < 1.29 is 4.74 Å². The fraction of sp³-hybridized carbons (Fsp3) is 0.417. The third-order valence-electron chi connectivity index (χ3n) is 3.14. The lowest BCUT2D eigenvalue weighted by molar-refractivity contribution is 0.414. The SMILES string of the molecule is COc1ccc(C2(C)CC2C#N)cc1. The van der Waals surface area contributed by atoms with Gasteiger partial charge in [0.2, 0.25) is 0 Å². The van der Waals surface area contributed by atoms with Gasteiger partial charge in [-0.15, -0.1) is 0 Å². The maximum absolute atomic E-state index is 8.83. The van der Waals surface area contributed by atoms with Crippen LogP contribution in [0.3, 0.4) is 0 Å². The van der Waals surface area contributed by atoms with E-state index in [2.05, 4.69) is 25.1 Å². The molecule has 14 heavy (non-hydrogen) atoms. The Morgan fingerprint density at radius 3 is 2.50 bits per heavy atom. The normalized spacial score (nSPS) is 29.4. The van der Waals surface area contributed by atoms with Crippen molar-refractivity contribution in [1.82, 2.24) is 0 Å². The molecular formula is C12H13NO. The van der Waals surface area contributed by atoms with Crippen LogP contribution in [0.25, 0.3) is 0 Å². The van der Waals surface area contributed by atoms with E-state index in [0.29, 0.717) is 0 Å². The zero-order valence-corrected chi connectivity index (χ0v) is 8.45. The summed E-state index contributed by atoms with van der Waals surface area (Å²) in [6.07, 6.45) is 0.982. The van der Waals surface area contributed by atoms with E-state index in [-0.39, 0.29) is 11.3 Å². The molecule has 0 spiro atoms. The summed E-state index contributed by atoms with van der Waals surface area (Å²) in [5, 5.41) is 8.83. The fourth-order valence-corrected chi connectivity index (χ4v) is 1.84. The predicted molar refractivity (Wildman–Crippen MR) is 54.1 cm³/mol. The summed E-state index contributed by atoms with van der Waals surface area (Å²) >= 11 is 0. The standard InChI is InChI=1S/C12H13NO/c1-12(7-10(12)8-13)9-3-5-11(14-2)6-4-9/h3-6,10H,7H2,1-2H3. The van der Waals surface area contributed by atoms with Crippen LogP contribution in [0.2, 0.25) is 0 Å². The number of benzene rings is 1. The van der Waals surface area contributed by atoms with E-state index in [1.807, 2.05) is 12.1 Å². The zero-order chi connectivity index (χ0) is 10.2. The Morgan fingerprint density at radius 1 is 1.43 bits per heavy atom. The van der Waals surface area contributed by atoms with Gasteiger partial charge in [-0.1, -0.05) is 19.1 Å². The van der Waals surface area contributed by atoms with Crippen LogP contribution < -0.4 is 4.74 Å².